The average molecular weight is 166 g/mol. The fraction of sp³-hybridized carbons (Fsp3) is 0.857. The first kappa shape index (κ1) is 10.3. The van der Waals surface area contributed by atoms with Crippen LogP contribution in [0.4, 0.5) is 8.78 Å². The molecule has 4 heteroatoms. The molecular formula is C7H12F2O2. The number of carbonyl (C=O) groups is 1. The van der Waals surface area contributed by atoms with Gasteiger partial charge in [-0.05, 0) is 0 Å². The number of halogens is 2. The summed E-state index contributed by atoms with van der Waals surface area (Å²) in [4.78, 5) is 10.3. The van der Waals surface area contributed by atoms with Gasteiger partial charge < -0.3 is 5.11 Å². The van der Waals surface area contributed by atoms with Crippen molar-refractivity contribution in [3.63, 3.8) is 0 Å². The van der Waals surface area contributed by atoms with Crippen molar-refractivity contribution in [2.45, 2.75) is 27.2 Å². The lowest BCUT2D eigenvalue weighted by Crippen LogP contribution is -2.34. The molecular weight excluding hydrogens is 154 g/mol. The zero-order valence-electron chi connectivity index (χ0n) is 6.77. The molecule has 0 heterocycles. The standard InChI is InChI=1S/C7H12F2O2/c1-4(5(10)11)7(2,3)6(8)9/h4,6H,1-3H3,(H,10,11)/t4-/m1/s1. The lowest BCUT2D eigenvalue weighted by atomic mass is 9.80. The van der Waals surface area contributed by atoms with E-state index < -0.39 is 23.7 Å². The van der Waals surface area contributed by atoms with Gasteiger partial charge in [-0.15, -0.1) is 0 Å². The van der Waals surface area contributed by atoms with E-state index in [0.717, 1.165) is 0 Å². The number of rotatable bonds is 3. The van der Waals surface area contributed by atoms with E-state index in [1.165, 1.54) is 20.8 Å². The van der Waals surface area contributed by atoms with Gasteiger partial charge >= 0.3 is 5.97 Å². The largest absolute Gasteiger partial charge is 0.481 e. The molecule has 0 aliphatic carbocycles. The molecule has 0 aliphatic heterocycles. The number of aliphatic carboxylic acids is 1. The molecule has 11 heavy (non-hydrogen) atoms. The Bertz CT molecular complexity index is 155. The van der Waals surface area contributed by atoms with Gasteiger partial charge in [0.15, 0.2) is 0 Å². The summed E-state index contributed by atoms with van der Waals surface area (Å²) in [5.74, 6) is -2.21. The molecule has 1 atom stereocenters. The third-order valence-corrected chi connectivity index (χ3v) is 2.05. The highest BCUT2D eigenvalue weighted by Gasteiger charge is 2.39. The van der Waals surface area contributed by atoms with Gasteiger partial charge in [-0.1, -0.05) is 20.8 Å². The maximum atomic E-state index is 12.2. The van der Waals surface area contributed by atoms with Gasteiger partial charge in [0.2, 0.25) is 6.43 Å². The summed E-state index contributed by atoms with van der Waals surface area (Å²) in [6, 6.07) is 0. The Morgan fingerprint density at radius 3 is 1.91 bits per heavy atom. The number of carboxylic acids is 1. The molecule has 0 aliphatic rings. The molecule has 0 saturated carbocycles. The Morgan fingerprint density at radius 1 is 1.45 bits per heavy atom. The Hall–Kier alpha value is -0.670. The summed E-state index contributed by atoms with van der Waals surface area (Å²) in [6.07, 6.45) is -2.60. The van der Waals surface area contributed by atoms with Crippen LogP contribution < -0.4 is 0 Å². The van der Waals surface area contributed by atoms with E-state index in [0.29, 0.717) is 0 Å². The van der Waals surface area contributed by atoms with E-state index in [-0.39, 0.29) is 0 Å². The summed E-state index contributed by atoms with van der Waals surface area (Å²) >= 11 is 0. The summed E-state index contributed by atoms with van der Waals surface area (Å²) in [6.45, 7) is 3.78. The first-order chi connectivity index (χ1) is 4.80. The van der Waals surface area contributed by atoms with Gasteiger partial charge in [-0.25, -0.2) is 8.78 Å². The summed E-state index contributed by atoms with van der Waals surface area (Å²) in [5, 5.41) is 8.43. The molecule has 0 aromatic heterocycles. The molecule has 1 N–H and O–H groups in total. The zero-order valence-corrected chi connectivity index (χ0v) is 6.77. The maximum absolute atomic E-state index is 12.2. The summed E-state index contributed by atoms with van der Waals surface area (Å²) in [7, 11) is 0. The molecule has 0 amide bonds. The van der Waals surface area contributed by atoms with Crippen molar-refractivity contribution in [3.05, 3.63) is 0 Å². The monoisotopic (exact) mass is 166 g/mol. The lowest BCUT2D eigenvalue weighted by Gasteiger charge is -2.27. The molecule has 0 aromatic carbocycles. The molecule has 2 nitrogen and oxygen atoms in total. The first-order valence-corrected chi connectivity index (χ1v) is 3.31. The van der Waals surface area contributed by atoms with Gasteiger partial charge in [-0.2, -0.15) is 0 Å². The summed E-state index contributed by atoms with van der Waals surface area (Å²) < 4.78 is 24.3. The van der Waals surface area contributed by atoms with E-state index in [9.17, 15) is 13.6 Å². The smallest absolute Gasteiger partial charge is 0.306 e. The van der Waals surface area contributed by atoms with Crippen molar-refractivity contribution in [2.75, 3.05) is 0 Å². The van der Waals surface area contributed by atoms with Gasteiger partial charge in [-0.3, -0.25) is 4.79 Å². The second-order valence-electron chi connectivity index (χ2n) is 3.18. The maximum Gasteiger partial charge on any atom is 0.306 e. The second-order valence-corrected chi connectivity index (χ2v) is 3.18. The number of alkyl halides is 2. The van der Waals surface area contributed by atoms with Crippen LogP contribution in [0.25, 0.3) is 0 Å². The van der Waals surface area contributed by atoms with Crippen LogP contribution in [0.1, 0.15) is 20.8 Å². The fourth-order valence-electron chi connectivity index (χ4n) is 0.507. The minimum atomic E-state index is -2.60. The topological polar surface area (TPSA) is 37.3 Å². The van der Waals surface area contributed by atoms with Crippen molar-refractivity contribution in [1.82, 2.24) is 0 Å². The van der Waals surface area contributed by atoms with Gasteiger partial charge in [0.05, 0.1) is 5.92 Å². The van der Waals surface area contributed by atoms with E-state index in [1.54, 1.807) is 0 Å². The third kappa shape index (κ3) is 2.13. The van der Waals surface area contributed by atoms with Crippen LogP contribution >= 0.6 is 0 Å². The van der Waals surface area contributed by atoms with Crippen molar-refractivity contribution >= 4 is 5.97 Å². The highest BCUT2D eigenvalue weighted by Crippen LogP contribution is 2.33. The molecule has 0 spiro atoms. The van der Waals surface area contributed by atoms with Crippen LogP contribution in [0.3, 0.4) is 0 Å². The third-order valence-electron chi connectivity index (χ3n) is 2.05. The lowest BCUT2D eigenvalue weighted by molar-refractivity contribution is -0.149. The van der Waals surface area contributed by atoms with Crippen LogP contribution in [0.15, 0.2) is 0 Å². The first-order valence-electron chi connectivity index (χ1n) is 3.31. The van der Waals surface area contributed by atoms with Crippen molar-refractivity contribution < 1.29 is 18.7 Å². The summed E-state index contributed by atoms with van der Waals surface area (Å²) in [5.41, 5.74) is -1.45. The Kier molecular flexibility index (Phi) is 2.96. The van der Waals surface area contributed by atoms with E-state index >= 15 is 0 Å². The highest BCUT2D eigenvalue weighted by molar-refractivity contribution is 5.70. The van der Waals surface area contributed by atoms with Crippen LogP contribution in [0, 0.1) is 11.3 Å². The Labute approximate surface area is 64.2 Å². The molecule has 0 unspecified atom stereocenters. The minimum Gasteiger partial charge on any atom is -0.481 e. The van der Waals surface area contributed by atoms with Crippen LogP contribution in [0.2, 0.25) is 0 Å². The van der Waals surface area contributed by atoms with E-state index in [4.69, 9.17) is 5.11 Å². The van der Waals surface area contributed by atoms with Gasteiger partial charge in [0, 0.05) is 5.41 Å². The predicted octanol–water partition coefficient (Wildman–Crippen LogP) is 2.00. The van der Waals surface area contributed by atoms with Crippen molar-refractivity contribution in [1.29, 1.82) is 0 Å². The molecule has 0 bridgehead atoms. The SMILES string of the molecule is C[C@H](C(=O)O)C(C)(C)C(F)F. The number of hydrogen-bond donors (Lipinski definition) is 1. The highest BCUT2D eigenvalue weighted by atomic mass is 19.3. The normalized spacial score (nSPS) is 15.1. The zero-order chi connectivity index (χ0) is 9.23. The van der Waals surface area contributed by atoms with Crippen LogP contribution in [0.5, 0.6) is 0 Å². The molecule has 66 valence electrons. The molecule has 0 rings (SSSR count). The molecule has 0 saturated heterocycles. The minimum absolute atomic E-state index is 1.03. The fourth-order valence-corrected chi connectivity index (χ4v) is 0.507. The van der Waals surface area contributed by atoms with Crippen molar-refractivity contribution in [2.24, 2.45) is 11.3 Å². The number of carboxylic acid groups (broad SMARTS) is 1. The Balaban J connectivity index is 4.41. The van der Waals surface area contributed by atoms with Crippen LogP contribution in [-0.2, 0) is 4.79 Å². The number of hydrogen-bond acceptors (Lipinski definition) is 1. The second kappa shape index (κ2) is 3.15. The molecule has 0 aromatic rings. The van der Waals surface area contributed by atoms with Gasteiger partial charge in [0.1, 0.15) is 0 Å². The average Bonchev–Trinajstić information content (AvgIpc) is 1.85. The van der Waals surface area contributed by atoms with Gasteiger partial charge in [0.25, 0.3) is 0 Å². The molecule has 0 fully saturated rings. The predicted molar refractivity (Wildman–Crippen MR) is 36.6 cm³/mol. The van der Waals surface area contributed by atoms with E-state index in [2.05, 4.69) is 0 Å². The van der Waals surface area contributed by atoms with E-state index in [1.807, 2.05) is 0 Å². The van der Waals surface area contributed by atoms with Crippen molar-refractivity contribution in [3.8, 4) is 0 Å². The van der Waals surface area contributed by atoms with Crippen LogP contribution in [-0.4, -0.2) is 17.5 Å². The quantitative estimate of drug-likeness (QED) is 0.696. The Morgan fingerprint density at radius 2 is 1.82 bits per heavy atom. The molecule has 0 radical (unpaired) electrons.